The molecule has 0 unspecified atom stereocenters. The Morgan fingerprint density at radius 1 is 1.00 bits per heavy atom. The number of benzene rings is 2. The Morgan fingerprint density at radius 2 is 1.82 bits per heavy atom. The molecule has 0 radical (unpaired) electrons. The second-order valence-electron chi connectivity index (χ2n) is 7.22. The van der Waals surface area contributed by atoms with Crippen molar-refractivity contribution in [1.29, 1.82) is 0 Å². The van der Waals surface area contributed by atoms with Gasteiger partial charge in [-0.3, -0.25) is 9.59 Å². The molecule has 3 amide bonds. The van der Waals surface area contributed by atoms with Crippen LogP contribution in [0.2, 0.25) is 0 Å². The molecule has 1 aliphatic rings. The molecule has 3 aromatic rings. The Morgan fingerprint density at radius 3 is 2.62 bits per heavy atom. The highest BCUT2D eigenvalue weighted by atomic mass is 32.1. The van der Waals surface area contributed by atoms with Gasteiger partial charge in [-0.15, -0.1) is 11.3 Å². The van der Waals surface area contributed by atoms with Crippen molar-refractivity contribution in [2.24, 2.45) is 5.10 Å². The summed E-state index contributed by atoms with van der Waals surface area (Å²) in [7, 11) is 0. The van der Waals surface area contributed by atoms with Crippen LogP contribution in [0.25, 0.3) is 0 Å². The van der Waals surface area contributed by atoms with Crippen LogP contribution in [-0.4, -0.2) is 55.3 Å². The number of nitrogens with zero attached hydrogens (tertiary/aromatic N) is 2. The van der Waals surface area contributed by atoms with E-state index in [1.165, 1.54) is 17.6 Å². The fourth-order valence-electron chi connectivity index (χ4n) is 3.18. The molecular weight excluding hydrogens is 456 g/mol. The molecular formula is C24H22N4O5S. The summed E-state index contributed by atoms with van der Waals surface area (Å²) in [5, 5.41) is 8.56. The molecule has 1 fully saturated rings. The van der Waals surface area contributed by atoms with Gasteiger partial charge in [0, 0.05) is 13.1 Å². The number of rotatable bonds is 6. The Balaban J connectivity index is 1.36. The zero-order valence-electron chi connectivity index (χ0n) is 18.1. The molecule has 0 atom stereocenters. The minimum absolute atomic E-state index is 0.276. The molecule has 4 rings (SSSR count). The number of hydrazone groups is 1. The molecule has 0 aliphatic carbocycles. The highest BCUT2D eigenvalue weighted by Gasteiger charge is 2.19. The fraction of sp³-hybridized carbons (Fsp3) is 0.167. The molecule has 10 heteroatoms. The Hall–Kier alpha value is -4.02. The average molecular weight is 479 g/mol. The summed E-state index contributed by atoms with van der Waals surface area (Å²) in [6.45, 7) is 1.95. The van der Waals surface area contributed by atoms with E-state index in [1.54, 1.807) is 70.9 Å². The summed E-state index contributed by atoms with van der Waals surface area (Å²) in [5.74, 6) is -0.399. The summed E-state index contributed by atoms with van der Waals surface area (Å²) >= 11 is 1.31. The van der Waals surface area contributed by atoms with Gasteiger partial charge in [0.25, 0.3) is 11.8 Å². The van der Waals surface area contributed by atoms with Crippen LogP contribution in [0, 0.1) is 0 Å². The van der Waals surface area contributed by atoms with Crippen LogP contribution in [-0.2, 0) is 4.74 Å². The van der Waals surface area contributed by atoms with Gasteiger partial charge in [0.05, 0.1) is 35.6 Å². The predicted octanol–water partition coefficient (Wildman–Crippen LogP) is 3.60. The van der Waals surface area contributed by atoms with Crippen LogP contribution in [0.1, 0.15) is 25.6 Å². The van der Waals surface area contributed by atoms with Crippen LogP contribution < -0.4 is 15.5 Å². The van der Waals surface area contributed by atoms with E-state index in [-0.39, 0.29) is 11.5 Å². The lowest BCUT2D eigenvalue weighted by Gasteiger charge is -2.25. The monoisotopic (exact) mass is 478 g/mol. The Kier molecular flexibility index (Phi) is 7.63. The summed E-state index contributed by atoms with van der Waals surface area (Å²) in [4.78, 5) is 39.4. The topological polar surface area (TPSA) is 109 Å². The van der Waals surface area contributed by atoms with Crippen LogP contribution in [0.4, 0.5) is 10.5 Å². The lowest BCUT2D eigenvalue weighted by Crippen LogP contribution is -2.42. The fourth-order valence-corrected chi connectivity index (χ4v) is 3.80. The van der Waals surface area contributed by atoms with Gasteiger partial charge in [-0.25, -0.2) is 10.2 Å². The summed E-state index contributed by atoms with van der Waals surface area (Å²) < 4.78 is 10.7. The van der Waals surface area contributed by atoms with Crippen molar-refractivity contribution >= 4 is 41.1 Å². The quantitative estimate of drug-likeness (QED) is 0.416. The number of ether oxygens (including phenoxy) is 2. The zero-order chi connectivity index (χ0) is 23.8. The number of hydrogen-bond donors (Lipinski definition) is 2. The molecule has 9 nitrogen and oxygen atoms in total. The van der Waals surface area contributed by atoms with Crippen LogP contribution >= 0.6 is 11.3 Å². The van der Waals surface area contributed by atoms with Gasteiger partial charge in [-0.05, 0) is 41.3 Å². The van der Waals surface area contributed by atoms with Crippen molar-refractivity contribution in [3.63, 3.8) is 0 Å². The molecule has 0 saturated carbocycles. The van der Waals surface area contributed by atoms with Crippen molar-refractivity contribution in [3.8, 4) is 5.75 Å². The second kappa shape index (κ2) is 11.2. The first-order valence-corrected chi connectivity index (χ1v) is 11.4. The van der Waals surface area contributed by atoms with Gasteiger partial charge in [-0.1, -0.05) is 30.3 Å². The molecule has 0 bridgehead atoms. The lowest BCUT2D eigenvalue weighted by atomic mass is 10.1. The highest BCUT2D eigenvalue weighted by molar-refractivity contribution is 7.12. The number of para-hydroxylation sites is 1. The van der Waals surface area contributed by atoms with Gasteiger partial charge in [0.1, 0.15) is 5.75 Å². The summed E-state index contributed by atoms with van der Waals surface area (Å²) in [6.07, 6.45) is 1.00. The number of thiophene rings is 1. The largest absolute Gasteiger partial charge is 0.415 e. The molecule has 34 heavy (non-hydrogen) atoms. The van der Waals surface area contributed by atoms with Gasteiger partial charge in [-0.2, -0.15) is 5.10 Å². The minimum Gasteiger partial charge on any atom is -0.410 e. The number of nitrogens with one attached hydrogen (secondary N) is 2. The van der Waals surface area contributed by atoms with E-state index in [9.17, 15) is 14.4 Å². The zero-order valence-corrected chi connectivity index (χ0v) is 18.9. The third-order valence-electron chi connectivity index (χ3n) is 4.88. The maximum Gasteiger partial charge on any atom is 0.415 e. The van der Waals surface area contributed by atoms with E-state index in [1.807, 2.05) is 0 Å². The summed E-state index contributed by atoms with van der Waals surface area (Å²) in [6, 6.07) is 17.0. The SMILES string of the molecule is O=C(Nc1ccccc1C(=O)N/N=C/c1cccc(OC(=O)N2CCOCC2)c1)c1cccs1. The van der Waals surface area contributed by atoms with Crippen molar-refractivity contribution in [2.75, 3.05) is 31.6 Å². The van der Waals surface area contributed by atoms with Gasteiger partial charge >= 0.3 is 6.09 Å². The Labute approximate surface area is 200 Å². The number of carbonyl (C=O) groups is 3. The summed E-state index contributed by atoms with van der Waals surface area (Å²) in [5.41, 5.74) is 3.75. The van der Waals surface area contributed by atoms with Crippen molar-refractivity contribution in [1.82, 2.24) is 10.3 Å². The third kappa shape index (κ3) is 6.06. The molecule has 0 spiro atoms. The van der Waals surface area contributed by atoms with E-state index in [0.717, 1.165) is 0 Å². The smallest absolute Gasteiger partial charge is 0.410 e. The second-order valence-corrected chi connectivity index (χ2v) is 8.16. The number of amides is 3. The number of morpholine rings is 1. The van der Waals surface area contributed by atoms with E-state index < -0.39 is 12.0 Å². The predicted molar refractivity (Wildman–Crippen MR) is 129 cm³/mol. The first-order chi connectivity index (χ1) is 16.6. The number of anilines is 1. The van der Waals surface area contributed by atoms with Crippen molar-refractivity contribution < 1.29 is 23.9 Å². The molecule has 174 valence electrons. The maximum absolute atomic E-state index is 12.7. The maximum atomic E-state index is 12.7. The van der Waals surface area contributed by atoms with Gasteiger partial charge in [0.15, 0.2) is 0 Å². The molecule has 1 saturated heterocycles. The first-order valence-electron chi connectivity index (χ1n) is 10.5. The highest BCUT2D eigenvalue weighted by Crippen LogP contribution is 2.18. The normalized spacial score (nSPS) is 13.5. The molecule has 1 aromatic heterocycles. The van der Waals surface area contributed by atoms with E-state index in [2.05, 4.69) is 15.8 Å². The standard InChI is InChI=1S/C24H22N4O5S/c29-22(19-7-1-2-8-20(19)26-23(30)21-9-4-14-34-21)27-25-16-17-5-3-6-18(15-17)33-24(31)28-10-12-32-13-11-28/h1-9,14-16H,10-13H2,(H,26,30)(H,27,29)/b25-16+. The van der Waals surface area contributed by atoms with Gasteiger partial charge < -0.3 is 19.7 Å². The first kappa shape index (κ1) is 23.1. The number of hydrogen-bond acceptors (Lipinski definition) is 7. The minimum atomic E-state index is -0.478. The van der Waals surface area contributed by atoms with E-state index in [4.69, 9.17) is 9.47 Å². The molecule has 2 heterocycles. The number of carbonyl (C=O) groups excluding carboxylic acids is 3. The van der Waals surface area contributed by atoms with E-state index >= 15 is 0 Å². The van der Waals surface area contributed by atoms with Crippen LogP contribution in [0.5, 0.6) is 5.75 Å². The van der Waals surface area contributed by atoms with Crippen molar-refractivity contribution in [2.45, 2.75) is 0 Å². The lowest BCUT2D eigenvalue weighted by molar-refractivity contribution is 0.0416. The van der Waals surface area contributed by atoms with Gasteiger partial charge in [0.2, 0.25) is 0 Å². The van der Waals surface area contributed by atoms with Crippen LogP contribution in [0.3, 0.4) is 0 Å². The van der Waals surface area contributed by atoms with Crippen molar-refractivity contribution in [3.05, 3.63) is 82.0 Å². The third-order valence-corrected chi connectivity index (χ3v) is 5.75. The molecule has 1 aliphatic heterocycles. The molecule has 2 aromatic carbocycles. The average Bonchev–Trinajstić information content (AvgIpc) is 3.40. The van der Waals surface area contributed by atoms with E-state index in [0.29, 0.717) is 48.2 Å². The van der Waals surface area contributed by atoms with Crippen LogP contribution in [0.15, 0.2) is 71.1 Å². The Bertz CT molecular complexity index is 1190. The molecule has 2 N–H and O–H groups in total.